The van der Waals surface area contributed by atoms with Crippen molar-refractivity contribution in [2.24, 2.45) is 0 Å². The summed E-state index contributed by atoms with van der Waals surface area (Å²) in [6, 6.07) is 8.29. The van der Waals surface area contributed by atoms with E-state index in [1.807, 2.05) is 16.8 Å². The topological polar surface area (TPSA) is 30.7 Å². The Labute approximate surface area is 127 Å². The van der Waals surface area contributed by atoms with Gasteiger partial charge in [-0.1, -0.05) is 35.0 Å². The summed E-state index contributed by atoms with van der Waals surface area (Å²) in [4.78, 5) is 4.35. The Balaban J connectivity index is 2.17. The smallest absolute Gasteiger partial charge is 0.138 e. The normalized spacial score (nSPS) is 12.6. The van der Waals surface area contributed by atoms with Crippen LogP contribution in [-0.2, 0) is 13.0 Å². The van der Waals surface area contributed by atoms with Crippen molar-refractivity contribution in [3.63, 3.8) is 0 Å². The van der Waals surface area contributed by atoms with Crippen LogP contribution in [0, 0.1) is 0 Å². The molecule has 0 aliphatic heterocycles. The van der Waals surface area contributed by atoms with E-state index in [0.717, 1.165) is 29.7 Å². The van der Waals surface area contributed by atoms with Crippen LogP contribution in [-0.4, -0.2) is 20.6 Å². The molecule has 1 aromatic heterocycles. The lowest BCUT2D eigenvalue weighted by atomic mass is 9.97. The van der Waals surface area contributed by atoms with Crippen LogP contribution in [0.4, 0.5) is 0 Å². The van der Waals surface area contributed by atoms with E-state index in [1.165, 1.54) is 5.56 Å². The third-order valence-electron chi connectivity index (χ3n) is 3.07. The molecule has 0 aliphatic rings. The first-order valence-electron chi connectivity index (χ1n) is 6.42. The second kappa shape index (κ2) is 7.06. The predicted molar refractivity (Wildman–Crippen MR) is 81.6 cm³/mol. The molecule has 0 saturated heterocycles. The number of hydrogen-bond acceptors (Lipinski definition) is 2. The standard InChI is InChI=1S/C14H17BrClN3/c1-2-6-19-14(17-10-18-19)8-12(9-16)11-4-3-5-13(15)7-11/h3-5,7,10,12H,2,6,8-9H2,1H3. The Morgan fingerprint density at radius 1 is 1.42 bits per heavy atom. The van der Waals surface area contributed by atoms with Crippen molar-refractivity contribution < 1.29 is 0 Å². The maximum Gasteiger partial charge on any atom is 0.138 e. The van der Waals surface area contributed by atoms with E-state index in [1.54, 1.807) is 6.33 Å². The van der Waals surface area contributed by atoms with Crippen molar-refractivity contribution in [3.8, 4) is 0 Å². The fraction of sp³-hybridized carbons (Fsp3) is 0.429. The molecule has 0 saturated carbocycles. The Hall–Kier alpha value is -0.870. The number of aryl methyl sites for hydroxylation is 1. The monoisotopic (exact) mass is 341 g/mol. The van der Waals surface area contributed by atoms with Crippen molar-refractivity contribution in [1.29, 1.82) is 0 Å². The average Bonchev–Trinajstić information content (AvgIpc) is 2.84. The highest BCUT2D eigenvalue weighted by molar-refractivity contribution is 9.10. The van der Waals surface area contributed by atoms with E-state index in [0.29, 0.717) is 5.88 Å². The van der Waals surface area contributed by atoms with Crippen LogP contribution in [0.5, 0.6) is 0 Å². The average molecular weight is 343 g/mol. The number of alkyl halides is 1. The summed E-state index contributed by atoms with van der Waals surface area (Å²) < 4.78 is 3.05. The molecule has 1 aromatic carbocycles. The molecule has 0 bridgehead atoms. The van der Waals surface area contributed by atoms with E-state index >= 15 is 0 Å². The second-order valence-electron chi connectivity index (χ2n) is 4.51. The number of rotatable bonds is 6. The van der Waals surface area contributed by atoms with Gasteiger partial charge in [-0.15, -0.1) is 11.6 Å². The van der Waals surface area contributed by atoms with E-state index in [-0.39, 0.29) is 5.92 Å². The highest BCUT2D eigenvalue weighted by atomic mass is 79.9. The summed E-state index contributed by atoms with van der Waals surface area (Å²) in [7, 11) is 0. The largest absolute Gasteiger partial charge is 0.250 e. The van der Waals surface area contributed by atoms with Gasteiger partial charge in [0, 0.05) is 29.2 Å². The number of aromatic nitrogens is 3. The summed E-state index contributed by atoms with van der Waals surface area (Å²) >= 11 is 9.63. The molecule has 1 heterocycles. The van der Waals surface area contributed by atoms with Crippen LogP contribution in [0.15, 0.2) is 35.1 Å². The molecule has 0 amide bonds. The molecular formula is C14H17BrClN3. The van der Waals surface area contributed by atoms with Gasteiger partial charge in [0.05, 0.1) is 0 Å². The molecule has 0 spiro atoms. The zero-order valence-corrected chi connectivity index (χ0v) is 13.2. The Bertz CT molecular complexity index is 527. The van der Waals surface area contributed by atoms with Crippen molar-refractivity contribution in [3.05, 3.63) is 46.5 Å². The summed E-state index contributed by atoms with van der Waals surface area (Å²) in [6.07, 6.45) is 3.50. The van der Waals surface area contributed by atoms with E-state index in [2.05, 4.69) is 45.1 Å². The second-order valence-corrected chi connectivity index (χ2v) is 5.73. The minimum Gasteiger partial charge on any atom is -0.250 e. The number of nitrogens with zero attached hydrogens (tertiary/aromatic N) is 3. The van der Waals surface area contributed by atoms with Crippen LogP contribution in [0.25, 0.3) is 0 Å². The van der Waals surface area contributed by atoms with Gasteiger partial charge in [-0.05, 0) is 24.1 Å². The van der Waals surface area contributed by atoms with Crippen molar-refractivity contribution in [2.75, 3.05) is 5.88 Å². The third-order valence-corrected chi connectivity index (χ3v) is 3.93. The fourth-order valence-corrected chi connectivity index (χ4v) is 2.79. The zero-order chi connectivity index (χ0) is 13.7. The lowest BCUT2D eigenvalue weighted by Gasteiger charge is -2.14. The molecule has 0 aliphatic carbocycles. The Morgan fingerprint density at radius 2 is 2.26 bits per heavy atom. The minimum atomic E-state index is 0.263. The number of halogens is 2. The predicted octanol–water partition coefficient (Wildman–Crippen LogP) is 4.02. The highest BCUT2D eigenvalue weighted by Gasteiger charge is 2.15. The van der Waals surface area contributed by atoms with Crippen molar-refractivity contribution in [1.82, 2.24) is 14.8 Å². The van der Waals surface area contributed by atoms with Gasteiger partial charge < -0.3 is 0 Å². The molecule has 1 unspecified atom stereocenters. The molecule has 2 rings (SSSR count). The Morgan fingerprint density at radius 3 is 2.95 bits per heavy atom. The molecule has 2 aromatic rings. The summed E-state index contributed by atoms with van der Waals surface area (Å²) in [5, 5.41) is 4.26. The number of benzene rings is 1. The van der Waals surface area contributed by atoms with Crippen LogP contribution in [0.3, 0.4) is 0 Å². The van der Waals surface area contributed by atoms with Crippen LogP contribution < -0.4 is 0 Å². The fourth-order valence-electron chi connectivity index (χ4n) is 2.09. The SMILES string of the molecule is CCCn1ncnc1CC(CCl)c1cccc(Br)c1. The van der Waals surface area contributed by atoms with E-state index in [4.69, 9.17) is 11.6 Å². The van der Waals surface area contributed by atoms with Crippen LogP contribution in [0.1, 0.15) is 30.7 Å². The number of hydrogen-bond donors (Lipinski definition) is 0. The maximum atomic E-state index is 6.13. The molecule has 102 valence electrons. The molecule has 1 atom stereocenters. The maximum absolute atomic E-state index is 6.13. The van der Waals surface area contributed by atoms with Gasteiger partial charge in [-0.2, -0.15) is 5.10 Å². The molecule has 0 fully saturated rings. The van der Waals surface area contributed by atoms with Crippen molar-refractivity contribution in [2.45, 2.75) is 32.2 Å². The van der Waals surface area contributed by atoms with Crippen LogP contribution >= 0.6 is 27.5 Å². The van der Waals surface area contributed by atoms with Gasteiger partial charge >= 0.3 is 0 Å². The first-order chi connectivity index (χ1) is 9.24. The first kappa shape index (κ1) is 14.5. The van der Waals surface area contributed by atoms with Crippen LogP contribution in [0.2, 0.25) is 0 Å². The highest BCUT2D eigenvalue weighted by Crippen LogP contribution is 2.24. The van der Waals surface area contributed by atoms with Gasteiger partial charge in [-0.25, -0.2) is 4.98 Å². The van der Waals surface area contributed by atoms with Gasteiger partial charge in [0.15, 0.2) is 0 Å². The summed E-state index contributed by atoms with van der Waals surface area (Å²) in [6.45, 7) is 3.04. The third kappa shape index (κ3) is 3.80. The molecule has 3 nitrogen and oxygen atoms in total. The molecule has 0 radical (unpaired) electrons. The van der Waals surface area contributed by atoms with E-state index in [9.17, 15) is 0 Å². The van der Waals surface area contributed by atoms with Crippen molar-refractivity contribution >= 4 is 27.5 Å². The quantitative estimate of drug-likeness (QED) is 0.742. The zero-order valence-electron chi connectivity index (χ0n) is 10.9. The van der Waals surface area contributed by atoms with E-state index < -0.39 is 0 Å². The molecular weight excluding hydrogens is 326 g/mol. The summed E-state index contributed by atoms with van der Waals surface area (Å²) in [5.41, 5.74) is 1.23. The molecule has 0 N–H and O–H groups in total. The van der Waals surface area contributed by atoms with Gasteiger partial charge in [0.25, 0.3) is 0 Å². The molecule has 5 heteroatoms. The van der Waals surface area contributed by atoms with Gasteiger partial charge in [0.2, 0.25) is 0 Å². The lowest BCUT2D eigenvalue weighted by molar-refractivity contribution is 0.553. The van der Waals surface area contributed by atoms with Gasteiger partial charge in [0.1, 0.15) is 12.2 Å². The summed E-state index contributed by atoms with van der Waals surface area (Å²) in [5.74, 6) is 1.85. The molecule has 19 heavy (non-hydrogen) atoms. The Kier molecular flexibility index (Phi) is 5.40. The van der Waals surface area contributed by atoms with Gasteiger partial charge in [-0.3, -0.25) is 4.68 Å². The lowest BCUT2D eigenvalue weighted by Crippen LogP contribution is -2.11. The first-order valence-corrected chi connectivity index (χ1v) is 7.75. The minimum absolute atomic E-state index is 0.263.